The van der Waals surface area contributed by atoms with E-state index in [1.807, 2.05) is 48.7 Å². The summed E-state index contributed by atoms with van der Waals surface area (Å²) in [6.45, 7) is 0. The molecule has 0 radical (unpaired) electrons. The minimum absolute atomic E-state index is 1.10. The van der Waals surface area contributed by atoms with Gasteiger partial charge >= 0.3 is 0 Å². The number of rotatable bonds is 3. The molecule has 0 fully saturated rings. The number of aromatic amines is 1. The third-order valence-corrected chi connectivity index (χ3v) is 2.91. The van der Waals surface area contributed by atoms with Crippen molar-refractivity contribution in [2.75, 3.05) is 0 Å². The molecule has 2 nitrogen and oxygen atoms in total. The van der Waals surface area contributed by atoms with E-state index in [-0.39, 0.29) is 0 Å². The van der Waals surface area contributed by atoms with Gasteiger partial charge in [-0.15, -0.1) is 0 Å². The van der Waals surface area contributed by atoms with Crippen LogP contribution >= 0.6 is 0 Å². The molecule has 2 aromatic heterocycles. The number of hydrogen-bond donors (Lipinski definition) is 1. The number of para-hydroxylation sites is 1. The number of benzene rings is 1. The normalized spacial score (nSPS) is 11.8. The fraction of sp³-hybridized carbons (Fsp3) is 0. The Morgan fingerprint density at radius 1 is 0.947 bits per heavy atom. The summed E-state index contributed by atoms with van der Waals surface area (Å²) in [4.78, 5) is 7.43. The molecular weight excluding hydrogens is 232 g/mol. The van der Waals surface area contributed by atoms with Gasteiger partial charge in [-0.3, -0.25) is 4.98 Å². The molecule has 3 rings (SSSR count). The molecule has 3 aromatic rings. The van der Waals surface area contributed by atoms with Crippen molar-refractivity contribution in [3.63, 3.8) is 0 Å². The molecule has 1 aromatic carbocycles. The molecule has 0 atom stereocenters. The van der Waals surface area contributed by atoms with Crippen LogP contribution in [0.5, 0.6) is 0 Å². The zero-order chi connectivity index (χ0) is 12.9. The van der Waals surface area contributed by atoms with Crippen molar-refractivity contribution >= 4 is 23.1 Å². The highest BCUT2D eigenvalue weighted by molar-refractivity contribution is 5.82. The average molecular weight is 246 g/mol. The lowest BCUT2D eigenvalue weighted by atomic mass is 10.2. The maximum atomic E-state index is 4.07. The van der Waals surface area contributed by atoms with E-state index >= 15 is 0 Å². The number of pyridine rings is 1. The van der Waals surface area contributed by atoms with Crippen LogP contribution < -0.4 is 0 Å². The number of nitrogens with zero attached hydrogens (tertiary/aromatic N) is 1. The summed E-state index contributed by atoms with van der Waals surface area (Å²) >= 11 is 0. The molecule has 19 heavy (non-hydrogen) atoms. The molecular formula is C17H14N2. The lowest BCUT2D eigenvalue weighted by molar-refractivity contribution is 1.32. The van der Waals surface area contributed by atoms with Gasteiger partial charge in [-0.25, -0.2) is 0 Å². The third kappa shape index (κ3) is 2.80. The Balaban J connectivity index is 1.74. The van der Waals surface area contributed by atoms with Gasteiger partial charge in [-0.05, 0) is 35.2 Å². The quantitative estimate of drug-likeness (QED) is 0.686. The van der Waals surface area contributed by atoms with Gasteiger partial charge in [0.15, 0.2) is 0 Å². The van der Waals surface area contributed by atoms with Crippen molar-refractivity contribution in [1.29, 1.82) is 0 Å². The number of fused-ring (bicyclic) bond motifs is 1. The van der Waals surface area contributed by atoms with Crippen molar-refractivity contribution in [1.82, 2.24) is 9.97 Å². The number of nitrogens with one attached hydrogen (secondary N) is 1. The van der Waals surface area contributed by atoms with Crippen molar-refractivity contribution in [3.8, 4) is 0 Å². The molecule has 0 unspecified atom stereocenters. The molecule has 0 saturated carbocycles. The molecule has 92 valence electrons. The molecule has 2 heteroatoms. The van der Waals surface area contributed by atoms with Crippen molar-refractivity contribution in [2.24, 2.45) is 0 Å². The summed E-state index contributed by atoms with van der Waals surface area (Å²) in [5.41, 5.74) is 3.37. The van der Waals surface area contributed by atoms with E-state index in [4.69, 9.17) is 0 Å². The van der Waals surface area contributed by atoms with E-state index in [1.54, 1.807) is 6.20 Å². The van der Waals surface area contributed by atoms with Crippen LogP contribution in [0.2, 0.25) is 0 Å². The zero-order valence-corrected chi connectivity index (χ0v) is 10.5. The highest BCUT2D eigenvalue weighted by Gasteiger charge is 1.94. The van der Waals surface area contributed by atoms with Crippen LogP contribution in [-0.2, 0) is 0 Å². The summed E-state index contributed by atoms with van der Waals surface area (Å²) in [6.07, 6.45) is 11.8. The van der Waals surface area contributed by atoms with Crippen LogP contribution in [0.4, 0.5) is 0 Å². The Bertz CT molecular complexity index is 688. The van der Waals surface area contributed by atoms with Crippen LogP contribution in [0, 0.1) is 0 Å². The summed E-state index contributed by atoms with van der Waals surface area (Å²) in [5.74, 6) is 0. The van der Waals surface area contributed by atoms with Crippen molar-refractivity contribution < 1.29 is 0 Å². The first-order chi connectivity index (χ1) is 9.42. The molecule has 1 N–H and O–H groups in total. The molecule has 0 aliphatic rings. The first-order valence-electron chi connectivity index (χ1n) is 6.24. The highest BCUT2D eigenvalue weighted by Crippen LogP contribution is 2.15. The van der Waals surface area contributed by atoms with E-state index in [0.29, 0.717) is 0 Å². The smallest absolute Gasteiger partial charge is 0.0458 e. The van der Waals surface area contributed by atoms with Gasteiger partial charge in [0.25, 0.3) is 0 Å². The van der Waals surface area contributed by atoms with Gasteiger partial charge in [0.1, 0.15) is 0 Å². The van der Waals surface area contributed by atoms with Gasteiger partial charge in [-0.1, -0.05) is 42.5 Å². The van der Waals surface area contributed by atoms with Crippen LogP contribution in [0.1, 0.15) is 11.3 Å². The second-order valence-electron chi connectivity index (χ2n) is 4.32. The van der Waals surface area contributed by atoms with Gasteiger partial charge in [0.05, 0.1) is 0 Å². The van der Waals surface area contributed by atoms with Crippen molar-refractivity contribution in [3.05, 3.63) is 78.3 Å². The average Bonchev–Trinajstić information content (AvgIpc) is 2.87. The van der Waals surface area contributed by atoms with Gasteiger partial charge < -0.3 is 4.98 Å². The second kappa shape index (κ2) is 5.36. The molecule has 0 saturated heterocycles. The van der Waals surface area contributed by atoms with E-state index in [0.717, 1.165) is 11.3 Å². The Labute approximate surface area is 112 Å². The minimum Gasteiger partial charge on any atom is -0.355 e. The van der Waals surface area contributed by atoms with Crippen LogP contribution in [0.15, 0.2) is 67.0 Å². The Hall–Kier alpha value is -2.61. The Morgan fingerprint density at radius 3 is 2.68 bits per heavy atom. The predicted octanol–water partition coefficient (Wildman–Crippen LogP) is 4.29. The Kier molecular flexibility index (Phi) is 3.24. The van der Waals surface area contributed by atoms with E-state index in [1.165, 1.54) is 10.9 Å². The monoisotopic (exact) mass is 246 g/mol. The fourth-order valence-corrected chi connectivity index (χ4v) is 1.99. The lowest BCUT2D eigenvalue weighted by Gasteiger charge is -1.88. The Morgan fingerprint density at radius 2 is 1.84 bits per heavy atom. The predicted molar refractivity (Wildman–Crippen MR) is 80.6 cm³/mol. The molecule has 0 amide bonds. The van der Waals surface area contributed by atoms with Crippen LogP contribution in [-0.4, -0.2) is 9.97 Å². The number of H-pyrrole nitrogens is 1. The van der Waals surface area contributed by atoms with E-state index in [2.05, 4.69) is 34.2 Å². The molecule has 0 spiro atoms. The molecule has 0 aliphatic carbocycles. The second-order valence-corrected chi connectivity index (χ2v) is 4.32. The van der Waals surface area contributed by atoms with E-state index < -0.39 is 0 Å². The number of allylic oxidation sites excluding steroid dienone is 2. The van der Waals surface area contributed by atoms with E-state index in [9.17, 15) is 0 Å². The van der Waals surface area contributed by atoms with Crippen molar-refractivity contribution in [2.45, 2.75) is 0 Å². The first-order valence-corrected chi connectivity index (χ1v) is 6.24. The summed E-state index contributed by atoms with van der Waals surface area (Å²) < 4.78 is 0. The highest BCUT2D eigenvalue weighted by atomic mass is 14.7. The number of aromatic nitrogens is 2. The maximum Gasteiger partial charge on any atom is 0.0458 e. The first kappa shape index (κ1) is 11.5. The van der Waals surface area contributed by atoms with Crippen LogP contribution in [0.25, 0.3) is 23.1 Å². The van der Waals surface area contributed by atoms with Crippen LogP contribution in [0.3, 0.4) is 0 Å². The summed E-state index contributed by atoms with van der Waals surface area (Å²) in [6, 6.07) is 14.4. The molecule has 2 heterocycles. The van der Waals surface area contributed by atoms with Gasteiger partial charge in [0.2, 0.25) is 0 Å². The molecule has 0 bridgehead atoms. The standard InChI is InChI=1S/C17H14N2/c1(6-14-7-5-11-18-13-14)3-9-16-12-15-8-2-4-10-17(15)19-16/h1-13,19H/b6-1+,9-3+. The summed E-state index contributed by atoms with van der Waals surface area (Å²) in [5, 5.41) is 1.23. The lowest BCUT2D eigenvalue weighted by Crippen LogP contribution is -1.72. The largest absolute Gasteiger partial charge is 0.355 e. The minimum atomic E-state index is 1.10. The SMILES string of the molecule is C(/C=C/c1cc2ccccc2[nH]1)=C\c1cccnc1. The maximum absolute atomic E-state index is 4.07. The molecule has 0 aliphatic heterocycles. The summed E-state index contributed by atoms with van der Waals surface area (Å²) in [7, 11) is 0. The van der Waals surface area contributed by atoms with Gasteiger partial charge in [0, 0.05) is 23.6 Å². The van der Waals surface area contributed by atoms with Gasteiger partial charge in [-0.2, -0.15) is 0 Å². The zero-order valence-electron chi connectivity index (χ0n) is 10.5. The number of hydrogen-bond acceptors (Lipinski definition) is 1. The fourth-order valence-electron chi connectivity index (χ4n) is 1.99. The topological polar surface area (TPSA) is 28.7 Å². The third-order valence-electron chi connectivity index (χ3n) is 2.91.